The molecule has 0 aliphatic carbocycles. The Morgan fingerprint density at radius 2 is 0.588 bits per heavy atom. The summed E-state index contributed by atoms with van der Waals surface area (Å²) in [7, 11) is 0. The maximum atomic E-state index is 12.9. The third-order valence-corrected chi connectivity index (χ3v) is 12.2. The number of esters is 3. The van der Waals surface area contributed by atoms with E-state index >= 15 is 0 Å². The van der Waals surface area contributed by atoms with E-state index in [1.165, 1.54) is 154 Å². The quantitative estimate of drug-likeness (QED) is 0.0199. The molecule has 390 valence electrons. The molecule has 0 aromatic rings. The van der Waals surface area contributed by atoms with E-state index < -0.39 is 6.10 Å². The van der Waals surface area contributed by atoms with Gasteiger partial charge in [0.05, 0.1) is 0 Å². The van der Waals surface area contributed by atoms with Gasteiger partial charge in [0, 0.05) is 19.3 Å². The van der Waals surface area contributed by atoms with E-state index in [0.29, 0.717) is 19.3 Å². The van der Waals surface area contributed by atoms with E-state index in [4.69, 9.17) is 14.2 Å². The minimum Gasteiger partial charge on any atom is -0.462 e. The third kappa shape index (κ3) is 53.5. The molecule has 6 nitrogen and oxygen atoms in total. The number of unbranched alkanes of at least 4 members (excludes halogenated alkanes) is 30. The van der Waals surface area contributed by atoms with Crippen molar-refractivity contribution in [1.82, 2.24) is 0 Å². The van der Waals surface area contributed by atoms with Crippen molar-refractivity contribution in [2.75, 3.05) is 13.2 Å². The van der Waals surface area contributed by atoms with Crippen molar-refractivity contribution in [3.05, 3.63) is 85.1 Å². The van der Waals surface area contributed by atoms with Crippen LogP contribution in [0.15, 0.2) is 85.1 Å². The fraction of sp³-hybridized carbons (Fsp3) is 0.726. The molecule has 0 aromatic carbocycles. The summed E-state index contributed by atoms with van der Waals surface area (Å²) in [6, 6.07) is 0. The van der Waals surface area contributed by atoms with Gasteiger partial charge in [-0.1, -0.05) is 247 Å². The minimum atomic E-state index is -0.800. The van der Waals surface area contributed by atoms with E-state index in [1.54, 1.807) is 0 Å². The SMILES string of the molecule is CC\C=C/C=C\C=C/C=C\C=C/CCCCCC(=O)OCC(COC(=O)CCCCCCC/C=C\CCCCCCCCCCC)OC(=O)CCCCCCCCC/C=C\CCCCCCCC. The number of hydrogen-bond acceptors (Lipinski definition) is 6. The predicted molar refractivity (Wildman–Crippen MR) is 293 cm³/mol. The van der Waals surface area contributed by atoms with Gasteiger partial charge in [-0.2, -0.15) is 0 Å². The Balaban J connectivity index is 4.45. The maximum absolute atomic E-state index is 12.9. The van der Waals surface area contributed by atoms with E-state index in [9.17, 15) is 14.4 Å². The van der Waals surface area contributed by atoms with Crippen molar-refractivity contribution >= 4 is 17.9 Å². The van der Waals surface area contributed by atoms with Gasteiger partial charge in [-0.25, -0.2) is 0 Å². The van der Waals surface area contributed by atoms with E-state index in [2.05, 4.69) is 57.2 Å². The summed E-state index contributed by atoms with van der Waals surface area (Å²) in [6.07, 6.45) is 72.9. The van der Waals surface area contributed by atoms with Crippen LogP contribution in [0, 0.1) is 0 Å². The van der Waals surface area contributed by atoms with Crippen molar-refractivity contribution in [2.24, 2.45) is 0 Å². The van der Waals surface area contributed by atoms with Gasteiger partial charge in [-0.05, 0) is 89.9 Å². The number of carbonyl (C=O) groups excluding carboxylic acids is 3. The molecule has 0 fully saturated rings. The Morgan fingerprint density at radius 1 is 0.309 bits per heavy atom. The molecule has 1 unspecified atom stereocenters. The topological polar surface area (TPSA) is 78.9 Å². The van der Waals surface area contributed by atoms with Crippen LogP contribution in [0.3, 0.4) is 0 Å². The average Bonchev–Trinajstić information content (AvgIpc) is 3.34. The summed E-state index contributed by atoms with van der Waals surface area (Å²) in [4.78, 5) is 38.1. The predicted octanol–water partition coefficient (Wildman–Crippen LogP) is 19.2. The smallest absolute Gasteiger partial charge is 0.306 e. The number of hydrogen-bond donors (Lipinski definition) is 0. The molecule has 0 bridgehead atoms. The highest BCUT2D eigenvalue weighted by atomic mass is 16.6. The Labute approximate surface area is 420 Å². The van der Waals surface area contributed by atoms with Gasteiger partial charge in [0.2, 0.25) is 0 Å². The highest BCUT2D eigenvalue weighted by Gasteiger charge is 2.19. The highest BCUT2D eigenvalue weighted by molar-refractivity contribution is 5.71. The molecular formula is C62H106O6. The number of carbonyl (C=O) groups is 3. The molecule has 1 atom stereocenters. The lowest BCUT2D eigenvalue weighted by atomic mass is 10.1. The summed E-state index contributed by atoms with van der Waals surface area (Å²) >= 11 is 0. The normalized spacial score (nSPS) is 12.7. The zero-order valence-electron chi connectivity index (χ0n) is 44.6. The Hall–Kier alpha value is -3.41. The number of ether oxygens (including phenoxy) is 3. The second kappa shape index (κ2) is 56.2. The van der Waals surface area contributed by atoms with E-state index in [0.717, 1.165) is 77.0 Å². The van der Waals surface area contributed by atoms with Gasteiger partial charge in [0.1, 0.15) is 13.2 Å². The Kier molecular flexibility index (Phi) is 53.4. The van der Waals surface area contributed by atoms with Gasteiger partial charge in [0.25, 0.3) is 0 Å². The first kappa shape index (κ1) is 64.6. The van der Waals surface area contributed by atoms with Gasteiger partial charge in [-0.15, -0.1) is 0 Å². The van der Waals surface area contributed by atoms with Crippen molar-refractivity contribution in [1.29, 1.82) is 0 Å². The van der Waals surface area contributed by atoms with E-state index in [-0.39, 0.29) is 31.1 Å². The maximum Gasteiger partial charge on any atom is 0.306 e. The van der Waals surface area contributed by atoms with Crippen LogP contribution in [0.4, 0.5) is 0 Å². The van der Waals surface area contributed by atoms with Gasteiger partial charge in [0.15, 0.2) is 6.10 Å². The fourth-order valence-corrected chi connectivity index (χ4v) is 7.92. The molecule has 0 aromatic heterocycles. The lowest BCUT2D eigenvalue weighted by Crippen LogP contribution is -2.30. The second-order valence-electron chi connectivity index (χ2n) is 18.9. The van der Waals surface area contributed by atoms with Gasteiger partial charge < -0.3 is 14.2 Å². The van der Waals surface area contributed by atoms with Crippen LogP contribution in [0.5, 0.6) is 0 Å². The minimum absolute atomic E-state index is 0.0962. The molecule has 68 heavy (non-hydrogen) atoms. The summed E-state index contributed by atoms with van der Waals surface area (Å²) < 4.78 is 16.8. The van der Waals surface area contributed by atoms with Gasteiger partial charge in [-0.3, -0.25) is 14.4 Å². The van der Waals surface area contributed by atoms with Crippen LogP contribution >= 0.6 is 0 Å². The molecule has 0 spiro atoms. The zero-order chi connectivity index (χ0) is 49.3. The Morgan fingerprint density at radius 3 is 0.956 bits per heavy atom. The number of allylic oxidation sites excluding steroid dienone is 14. The molecule has 0 heterocycles. The lowest BCUT2D eigenvalue weighted by Gasteiger charge is -2.18. The Bertz CT molecular complexity index is 1320. The summed E-state index contributed by atoms with van der Waals surface area (Å²) in [6.45, 7) is 6.46. The molecule has 0 N–H and O–H groups in total. The first-order chi connectivity index (χ1) is 33.5. The largest absolute Gasteiger partial charge is 0.462 e. The fourth-order valence-electron chi connectivity index (χ4n) is 7.92. The number of rotatable bonds is 51. The monoisotopic (exact) mass is 947 g/mol. The van der Waals surface area contributed by atoms with Crippen molar-refractivity contribution in [2.45, 2.75) is 277 Å². The molecule has 0 amide bonds. The molecule has 6 heteroatoms. The molecule has 0 saturated heterocycles. The van der Waals surface area contributed by atoms with Crippen LogP contribution in [0.2, 0.25) is 0 Å². The van der Waals surface area contributed by atoms with Crippen LogP contribution < -0.4 is 0 Å². The van der Waals surface area contributed by atoms with Crippen LogP contribution in [0.1, 0.15) is 271 Å². The molecule has 0 rings (SSSR count). The second-order valence-corrected chi connectivity index (χ2v) is 18.9. The van der Waals surface area contributed by atoms with Crippen molar-refractivity contribution in [3.63, 3.8) is 0 Å². The highest BCUT2D eigenvalue weighted by Crippen LogP contribution is 2.15. The van der Waals surface area contributed by atoms with Crippen molar-refractivity contribution in [3.8, 4) is 0 Å². The molecule has 0 saturated carbocycles. The average molecular weight is 948 g/mol. The molecule has 0 radical (unpaired) electrons. The summed E-state index contributed by atoms with van der Waals surface area (Å²) in [5.41, 5.74) is 0. The van der Waals surface area contributed by atoms with Crippen LogP contribution in [-0.2, 0) is 28.6 Å². The lowest BCUT2D eigenvalue weighted by molar-refractivity contribution is -0.167. The molecule has 0 aliphatic rings. The van der Waals surface area contributed by atoms with Crippen LogP contribution in [-0.4, -0.2) is 37.2 Å². The van der Waals surface area contributed by atoms with Gasteiger partial charge >= 0.3 is 17.9 Å². The van der Waals surface area contributed by atoms with Crippen molar-refractivity contribution < 1.29 is 28.6 Å². The standard InChI is InChI=1S/C62H106O6/c1-4-7-10-13-16-19-22-25-28-30-32-34-37-40-43-46-49-52-55-61(64)67-58-59(57-66-60(63)54-51-48-45-42-39-36-33-27-24-21-18-15-12-9-6-3)68-62(65)56-53-50-47-44-41-38-35-31-29-26-23-20-17-14-11-8-5-2/h9,12,15,18,21,24,26-27,29,32-34,36,39,59H,4-8,10-11,13-14,16-17,19-20,22-23,25,28,30-31,35,37-38,40-58H2,1-3H3/b12-9-,18-15-,24-21-,29-26-,33-27-,34-32-,39-36-. The molecule has 0 aliphatic heterocycles. The first-order valence-electron chi connectivity index (χ1n) is 28.7. The molecular weight excluding hydrogens is 841 g/mol. The summed E-state index contributed by atoms with van der Waals surface area (Å²) in [5.74, 6) is -0.946. The zero-order valence-corrected chi connectivity index (χ0v) is 44.6. The van der Waals surface area contributed by atoms with Crippen LogP contribution in [0.25, 0.3) is 0 Å². The summed E-state index contributed by atoms with van der Waals surface area (Å²) in [5, 5.41) is 0. The third-order valence-electron chi connectivity index (χ3n) is 12.2. The first-order valence-corrected chi connectivity index (χ1v) is 28.7. The van der Waals surface area contributed by atoms with E-state index in [1.807, 2.05) is 48.6 Å².